The van der Waals surface area contributed by atoms with Gasteiger partial charge in [0.2, 0.25) is 0 Å². The summed E-state index contributed by atoms with van der Waals surface area (Å²) in [7, 11) is 3.79. The van der Waals surface area contributed by atoms with Gasteiger partial charge in [0, 0.05) is 38.2 Å². The highest BCUT2D eigenvalue weighted by Crippen LogP contribution is 2.22. The van der Waals surface area contributed by atoms with Crippen LogP contribution in [0.3, 0.4) is 0 Å². The number of aryl methyl sites for hydroxylation is 1. The van der Waals surface area contributed by atoms with Crippen molar-refractivity contribution >= 4 is 17.4 Å². The molecule has 5 nitrogen and oxygen atoms in total. The second kappa shape index (κ2) is 7.15. The van der Waals surface area contributed by atoms with Crippen LogP contribution in [0.5, 0.6) is 0 Å². The quantitative estimate of drug-likeness (QED) is 0.801. The summed E-state index contributed by atoms with van der Waals surface area (Å²) in [5.41, 5.74) is 1.61. The number of ether oxygens (including phenoxy) is 1. The molecule has 0 N–H and O–H groups in total. The SMILES string of the molecule is COCCN(C)C[C@H]1CCCN1C(=O)c1csnc1C. The van der Waals surface area contributed by atoms with Gasteiger partial charge >= 0.3 is 0 Å². The van der Waals surface area contributed by atoms with E-state index in [2.05, 4.69) is 16.3 Å². The Morgan fingerprint density at radius 3 is 3.10 bits per heavy atom. The third-order valence-corrected chi connectivity index (χ3v) is 4.54. The van der Waals surface area contributed by atoms with E-state index in [4.69, 9.17) is 4.74 Å². The Hall–Kier alpha value is -0.980. The van der Waals surface area contributed by atoms with Gasteiger partial charge in [-0.3, -0.25) is 4.79 Å². The summed E-state index contributed by atoms with van der Waals surface area (Å²) in [4.78, 5) is 16.8. The molecular formula is C14H23N3O2S. The molecule has 1 aromatic heterocycles. The maximum Gasteiger partial charge on any atom is 0.256 e. The van der Waals surface area contributed by atoms with E-state index in [0.717, 1.165) is 50.3 Å². The highest BCUT2D eigenvalue weighted by molar-refractivity contribution is 7.03. The minimum atomic E-state index is 0.138. The molecule has 0 aliphatic carbocycles. The molecule has 1 saturated heterocycles. The van der Waals surface area contributed by atoms with Gasteiger partial charge in [-0.15, -0.1) is 0 Å². The monoisotopic (exact) mass is 297 g/mol. The summed E-state index contributed by atoms with van der Waals surface area (Å²) in [6.45, 7) is 5.29. The number of nitrogens with zero attached hydrogens (tertiary/aromatic N) is 3. The van der Waals surface area contributed by atoms with Crippen molar-refractivity contribution in [3.63, 3.8) is 0 Å². The van der Waals surface area contributed by atoms with Crippen molar-refractivity contribution in [3.8, 4) is 0 Å². The van der Waals surface area contributed by atoms with Crippen LogP contribution in [0.4, 0.5) is 0 Å². The van der Waals surface area contributed by atoms with Gasteiger partial charge in [0.05, 0.1) is 17.9 Å². The van der Waals surface area contributed by atoms with Crippen LogP contribution in [0.15, 0.2) is 5.38 Å². The van der Waals surface area contributed by atoms with Gasteiger partial charge in [-0.2, -0.15) is 4.37 Å². The summed E-state index contributed by atoms with van der Waals surface area (Å²) < 4.78 is 9.30. The lowest BCUT2D eigenvalue weighted by Crippen LogP contribution is -2.43. The fraction of sp³-hybridized carbons (Fsp3) is 0.714. The molecule has 1 aromatic rings. The summed E-state index contributed by atoms with van der Waals surface area (Å²) in [6, 6.07) is 0.309. The number of hydrogen-bond acceptors (Lipinski definition) is 5. The number of methoxy groups -OCH3 is 1. The topological polar surface area (TPSA) is 45.7 Å². The number of amides is 1. The summed E-state index contributed by atoms with van der Waals surface area (Å²) in [5, 5.41) is 1.86. The molecule has 112 valence electrons. The summed E-state index contributed by atoms with van der Waals surface area (Å²) in [5.74, 6) is 0.138. The number of aromatic nitrogens is 1. The minimum absolute atomic E-state index is 0.138. The van der Waals surface area contributed by atoms with E-state index in [0.29, 0.717) is 6.04 Å². The molecule has 0 spiro atoms. The molecule has 1 aliphatic rings. The Kier molecular flexibility index (Phi) is 5.51. The molecule has 1 aliphatic heterocycles. The number of hydrogen-bond donors (Lipinski definition) is 0. The zero-order chi connectivity index (χ0) is 14.5. The van der Waals surface area contributed by atoms with Gasteiger partial charge in [0.15, 0.2) is 0 Å². The molecule has 1 amide bonds. The summed E-state index contributed by atoms with van der Waals surface area (Å²) >= 11 is 1.36. The molecule has 20 heavy (non-hydrogen) atoms. The number of carbonyl (C=O) groups excluding carboxylic acids is 1. The van der Waals surface area contributed by atoms with Crippen LogP contribution < -0.4 is 0 Å². The van der Waals surface area contributed by atoms with Gasteiger partial charge in [0.25, 0.3) is 5.91 Å². The Balaban J connectivity index is 1.97. The molecule has 0 bridgehead atoms. The van der Waals surface area contributed by atoms with Crippen LogP contribution in [0.1, 0.15) is 28.9 Å². The molecule has 0 saturated carbocycles. The van der Waals surface area contributed by atoms with E-state index in [1.54, 1.807) is 7.11 Å². The third kappa shape index (κ3) is 3.56. The van der Waals surface area contributed by atoms with Crippen molar-refractivity contribution in [1.82, 2.24) is 14.2 Å². The number of rotatable bonds is 6. The van der Waals surface area contributed by atoms with E-state index < -0.39 is 0 Å². The first-order valence-corrected chi connectivity index (χ1v) is 7.86. The molecule has 2 rings (SSSR count). The van der Waals surface area contributed by atoms with E-state index in [-0.39, 0.29) is 5.91 Å². The second-order valence-corrected chi connectivity index (χ2v) is 5.99. The normalized spacial score (nSPS) is 19.0. The predicted octanol–water partition coefficient (Wildman–Crippen LogP) is 1.63. The van der Waals surface area contributed by atoms with Crippen molar-refractivity contribution in [2.45, 2.75) is 25.8 Å². The van der Waals surface area contributed by atoms with Gasteiger partial charge in [-0.05, 0) is 38.3 Å². The number of likely N-dealkylation sites (N-methyl/N-ethyl adjacent to an activating group) is 1. The lowest BCUT2D eigenvalue weighted by atomic mass is 10.2. The third-order valence-electron chi connectivity index (χ3n) is 3.82. The lowest BCUT2D eigenvalue weighted by molar-refractivity contribution is 0.0697. The fourth-order valence-corrected chi connectivity index (χ4v) is 3.33. The highest BCUT2D eigenvalue weighted by Gasteiger charge is 2.31. The minimum Gasteiger partial charge on any atom is -0.383 e. The van der Waals surface area contributed by atoms with E-state index in [9.17, 15) is 4.79 Å². The first-order chi connectivity index (χ1) is 9.63. The zero-order valence-corrected chi connectivity index (χ0v) is 13.3. The fourth-order valence-electron chi connectivity index (χ4n) is 2.64. The Labute approximate surface area is 124 Å². The Morgan fingerprint density at radius 2 is 2.45 bits per heavy atom. The first-order valence-electron chi connectivity index (χ1n) is 7.03. The van der Waals surface area contributed by atoms with Crippen molar-refractivity contribution in [1.29, 1.82) is 0 Å². The number of likely N-dealkylation sites (tertiary alicyclic amines) is 1. The van der Waals surface area contributed by atoms with Crippen LogP contribution in [-0.2, 0) is 4.74 Å². The van der Waals surface area contributed by atoms with Crippen LogP contribution in [0.25, 0.3) is 0 Å². The number of carbonyl (C=O) groups is 1. The standard InChI is InChI=1S/C14H23N3O2S/c1-11-13(10-20-15-11)14(18)17-6-4-5-12(17)9-16(2)7-8-19-3/h10,12H,4-9H2,1-3H3/t12-/m1/s1. The van der Waals surface area contributed by atoms with E-state index >= 15 is 0 Å². The van der Waals surface area contributed by atoms with Crippen LogP contribution in [0.2, 0.25) is 0 Å². The van der Waals surface area contributed by atoms with Crippen molar-refractivity contribution in [3.05, 3.63) is 16.6 Å². The molecule has 0 aromatic carbocycles. The van der Waals surface area contributed by atoms with E-state index in [1.807, 2.05) is 17.2 Å². The van der Waals surface area contributed by atoms with Crippen LogP contribution >= 0.6 is 11.5 Å². The molecule has 1 fully saturated rings. The zero-order valence-electron chi connectivity index (χ0n) is 12.5. The average Bonchev–Trinajstić information content (AvgIpc) is 3.04. The molecule has 0 radical (unpaired) electrons. The maximum atomic E-state index is 12.6. The lowest BCUT2D eigenvalue weighted by Gasteiger charge is -2.28. The maximum absolute atomic E-state index is 12.6. The summed E-state index contributed by atoms with van der Waals surface area (Å²) in [6.07, 6.45) is 2.17. The highest BCUT2D eigenvalue weighted by atomic mass is 32.1. The Bertz CT molecular complexity index is 449. The van der Waals surface area contributed by atoms with Gasteiger partial charge in [-0.25, -0.2) is 0 Å². The molecule has 6 heteroatoms. The first kappa shape index (κ1) is 15.4. The van der Waals surface area contributed by atoms with Gasteiger partial charge in [0.1, 0.15) is 0 Å². The smallest absolute Gasteiger partial charge is 0.256 e. The van der Waals surface area contributed by atoms with Crippen molar-refractivity contribution in [2.24, 2.45) is 0 Å². The predicted molar refractivity (Wildman–Crippen MR) is 80.3 cm³/mol. The van der Waals surface area contributed by atoms with E-state index in [1.165, 1.54) is 11.5 Å². The molecule has 1 atom stereocenters. The molecule has 2 heterocycles. The second-order valence-electron chi connectivity index (χ2n) is 5.36. The average molecular weight is 297 g/mol. The van der Waals surface area contributed by atoms with Gasteiger partial charge < -0.3 is 14.5 Å². The van der Waals surface area contributed by atoms with Crippen molar-refractivity contribution < 1.29 is 9.53 Å². The van der Waals surface area contributed by atoms with Crippen molar-refractivity contribution in [2.75, 3.05) is 40.4 Å². The van der Waals surface area contributed by atoms with Crippen LogP contribution in [0, 0.1) is 6.92 Å². The largest absolute Gasteiger partial charge is 0.383 e. The van der Waals surface area contributed by atoms with Gasteiger partial charge in [-0.1, -0.05) is 0 Å². The van der Waals surface area contributed by atoms with Crippen LogP contribution in [-0.4, -0.2) is 66.5 Å². The Morgan fingerprint density at radius 1 is 1.65 bits per heavy atom. The molecule has 0 unspecified atom stereocenters. The molecular weight excluding hydrogens is 274 g/mol.